The van der Waals surface area contributed by atoms with E-state index < -0.39 is 68.6 Å². The molecule has 1 aromatic carbocycles. The van der Waals surface area contributed by atoms with Crippen LogP contribution in [0.15, 0.2) is 41.8 Å². The summed E-state index contributed by atoms with van der Waals surface area (Å²) in [5.74, 6) is -2.43. The van der Waals surface area contributed by atoms with Crippen LogP contribution < -0.4 is 21.3 Å². The van der Waals surface area contributed by atoms with E-state index in [1.54, 1.807) is 24.3 Å². The molecule has 2 fully saturated rings. The molecule has 288 valence electrons. The van der Waals surface area contributed by atoms with Crippen LogP contribution in [0.5, 0.6) is 0 Å². The monoisotopic (exact) mass is 742 g/mol. The van der Waals surface area contributed by atoms with Crippen molar-refractivity contribution in [3.63, 3.8) is 0 Å². The molecule has 2 aliphatic heterocycles. The first kappa shape index (κ1) is 41.0. The number of amides is 5. The molecule has 5 amide bonds. The van der Waals surface area contributed by atoms with Gasteiger partial charge in [-0.15, -0.1) is 6.58 Å². The molecule has 4 atom stereocenters. The molecule has 2 heterocycles. The van der Waals surface area contributed by atoms with Crippen LogP contribution >= 0.6 is 0 Å². The summed E-state index contributed by atoms with van der Waals surface area (Å²) in [5.41, 5.74) is -0.421. The summed E-state index contributed by atoms with van der Waals surface area (Å²) in [7, 11) is -3.74. The Kier molecular flexibility index (Phi) is 13.7. The number of unbranched alkanes of at least 4 members (excludes halogenated alkanes) is 1. The minimum Gasteiger partial charge on any atom is -0.346 e. The molecular formula is C38H58N6O7S. The van der Waals surface area contributed by atoms with Gasteiger partial charge in [-0.2, -0.15) is 4.31 Å². The minimum absolute atomic E-state index is 0.0434. The fourth-order valence-electron chi connectivity index (χ4n) is 7.54. The van der Waals surface area contributed by atoms with Gasteiger partial charge in [0.2, 0.25) is 27.6 Å². The zero-order valence-electron chi connectivity index (χ0n) is 31.5. The molecule has 1 saturated carbocycles. The van der Waals surface area contributed by atoms with Crippen molar-refractivity contribution < 1.29 is 32.4 Å². The third-order valence-electron chi connectivity index (χ3n) is 10.8. The van der Waals surface area contributed by atoms with Crippen molar-refractivity contribution in [3.8, 4) is 0 Å². The Labute approximate surface area is 309 Å². The second-order valence-electron chi connectivity index (χ2n) is 15.8. The number of benzene rings is 1. The second kappa shape index (κ2) is 17.4. The van der Waals surface area contributed by atoms with E-state index in [2.05, 4.69) is 27.8 Å². The standard InChI is InChI=1S/C38H58N6O7S/c1-7-9-17-27(31(45)34(47)39-22-8-2)40-33(46)28-18-15-23-44(28)35(48)32(38(6)20-13-10-14-21-38)42-36(49)41-30(37(3,4)5)25-43-24-26-16-11-12-19-29(26)52(43,50)51/h8,11-12,16,19,27-28,30,32H,2,7,9-10,13-15,17-18,20-25H2,1,3-6H3,(H,39,47)(H,40,46)(H2,41,42,49)/t27?,28-,30+,32+/m0/s1. The van der Waals surface area contributed by atoms with Crippen LogP contribution in [0.1, 0.15) is 104 Å². The van der Waals surface area contributed by atoms with Gasteiger partial charge in [0.15, 0.2) is 0 Å². The molecular weight excluding hydrogens is 685 g/mol. The highest BCUT2D eigenvalue weighted by Crippen LogP contribution is 2.40. The molecule has 0 aromatic heterocycles. The van der Waals surface area contributed by atoms with Crippen LogP contribution in [0.3, 0.4) is 0 Å². The van der Waals surface area contributed by atoms with E-state index in [-0.39, 0.29) is 36.9 Å². The third-order valence-corrected chi connectivity index (χ3v) is 12.7. The van der Waals surface area contributed by atoms with Gasteiger partial charge < -0.3 is 26.2 Å². The summed E-state index contributed by atoms with van der Waals surface area (Å²) >= 11 is 0. The first-order valence-electron chi connectivity index (χ1n) is 18.7. The van der Waals surface area contributed by atoms with E-state index in [9.17, 15) is 32.4 Å². The Morgan fingerprint density at radius 2 is 1.71 bits per heavy atom. The number of ketones is 1. The van der Waals surface area contributed by atoms with Gasteiger partial charge >= 0.3 is 6.03 Å². The topological polar surface area (TPSA) is 174 Å². The number of likely N-dealkylation sites (tertiary alicyclic amines) is 1. The lowest BCUT2D eigenvalue weighted by atomic mass is 9.70. The molecule has 1 unspecified atom stereocenters. The van der Waals surface area contributed by atoms with Crippen molar-refractivity contribution in [3.05, 3.63) is 42.5 Å². The van der Waals surface area contributed by atoms with E-state index in [1.165, 1.54) is 15.3 Å². The van der Waals surface area contributed by atoms with Gasteiger partial charge in [-0.25, -0.2) is 13.2 Å². The number of fused-ring (bicyclic) bond motifs is 1. The second-order valence-corrected chi connectivity index (χ2v) is 17.8. The van der Waals surface area contributed by atoms with Gasteiger partial charge in [0.05, 0.1) is 10.9 Å². The molecule has 52 heavy (non-hydrogen) atoms. The van der Waals surface area contributed by atoms with Crippen LogP contribution in [0.2, 0.25) is 0 Å². The first-order valence-corrected chi connectivity index (χ1v) is 20.2. The van der Waals surface area contributed by atoms with E-state index in [0.717, 1.165) is 25.7 Å². The van der Waals surface area contributed by atoms with Crippen molar-refractivity contribution in [2.45, 2.75) is 134 Å². The Morgan fingerprint density at radius 1 is 1.02 bits per heavy atom. The van der Waals surface area contributed by atoms with E-state index in [4.69, 9.17) is 0 Å². The van der Waals surface area contributed by atoms with Crippen molar-refractivity contribution in [1.82, 2.24) is 30.5 Å². The predicted octanol–water partition coefficient (Wildman–Crippen LogP) is 3.78. The van der Waals surface area contributed by atoms with Crippen molar-refractivity contribution in [2.75, 3.05) is 19.6 Å². The molecule has 0 radical (unpaired) electrons. The molecule has 3 aliphatic rings. The number of Topliss-reactive ketones (excluding diaryl/α,β-unsaturated/α-hetero) is 1. The molecule has 1 aliphatic carbocycles. The van der Waals surface area contributed by atoms with Crippen LogP contribution in [0, 0.1) is 10.8 Å². The summed E-state index contributed by atoms with van der Waals surface area (Å²) in [6, 6.07) is 2.83. The number of nitrogens with one attached hydrogen (secondary N) is 4. The predicted molar refractivity (Wildman–Crippen MR) is 198 cm³/mol. The van der Waals surface area contributed by atoms with Crippen LogP contribution in [-0.2, 0) is 35.7 Å². The third kappa shape index (κ3) is 9.60. The Bertz CT molecular complexity index is 1600. The van der Waals surface area contributed by atoms with E-state index >= 15 is 0 Å². The lowest BCUT2D eigenvalue weighted by Crippen LogP contribution is -2.63. The summed E-state index contributed by atoms with van der Waals surface area (Å²) < 4.78 is 28.2. The fourth-order valence-corrected chi connectivity index (χ4v) is 9.19. The quantitative estimate of drug-likeness (QED) is 0.156. The van der Waals surface area contributed by atoms with Crippen LogP contribution in [0.25, 0.3) is 0 Å². The molecule has 4 N–H and O–H groups in total. The number of carbonyl (C=O) groups excluding carboxylic acids is 5. The number of nitrogens with zero attached hydrogens (tertiary/aromatic N) is 2. The number of hydrogen-bond acceptors (Lipinski definition) is 7. The molecule has 1 aromatic rings. The van der Waals surface area contributed by atoms with E-state index in [1.807, 2.05) is 34.6 Å². The lowest BCUT2D eigenvalue weighted by molar-refractivity contribution is -0.144. The fraction of sp³-hybridized carbons (Fsp3) is 0.658. The molecule has 0 spiro atoms. The number of carbonyl (C=O) groups is 5. The molecule has 14 heteroatoms. The maximum Gasteiger partial charge on any atom is 0.315 e. The Balaban J connectivity index is 1.53. The summed E-state index contributed by atoms with van der Waals surface area (Å²) in [4.78, 5) is 69.6. The van der Waals surface area contributed by atoms with Gasteiger partial charge in [-0.1, -0.05) is 91.0 Å². The van der Waals surface area contributed by atoms with Crippen molar-refractivity contribution in [1.29, 1.82) is 0 Å². The molecule has 0 bridgehead atoms. The van der Waals surface area contributed by atoms with Gasteiger partial charge in [0.1, 0.15) is 12.1 Å². The highest BCUT2D eigenvalue weighted by atomic mass is 32.2. The van der Waals surface area contributed by atoms with Gasteiger partial charge in [-0.3, -0.25) is 19.2 Å². The first-order chi connectivity index (χ1) is 24.5. The van der Waals surface area contributed by atoms with Gasteiger partial charge in [-0.05, 0) is 54.6 Å². The highest BCUT2D eigenvalue weighted by Gasteiger charge is 2.47. The lowest BCUT2D eigenvalue weighted by Gasteiger charge is -2.43. The summed E-state index contributed by atoms with van der Waals surface area (Å²) in [5, 5.41) is 11.3. The molecule has 13 nitrogen and oxygen atoms in total. The van der Waals surface area contributed by atoms with Gasteiger partial charge in [0, 0.05) is 32.2 Å². The molecule has 1 saturated heterocycles. The Hall–Kier alpha value is -3.78. The normalized spacial score (nSPS) is 21.2. The van der Waals surface area contributed by atoms with Crippen LogP contribution in [0.4, 0.5) is 4.79 Å². The zero-order valence-corrected chi connectivity index (χ0v) is 32.3. The van der Waals surface area contributed by atoms with Crippen LogP contribution in [-0.4, -0.2) is 91.0 Å². The smallest absolute Gasteiger partial charge is 0.315 e. The number of rotatable bonds is 15. The minimum atomic E-state index is -3.74. The average molecular weight is 743 g/mol. The number of hydrogen-bond donors (Lipinski definition) is 4. The largest absolute Gasteiger partial charge is 0.346 e. The average Bonchev–Trinajstić information content (AvgIpc) is 3.69. The maximum atomic E-state index is 14.6. The highest BCUT2D eigenvalue weighted by molar-refractivity contribution is 7.89. The summed E-state index contributed by atoms with van der Waals surface area (Å²) in [6.45, 7) is 13.9. The van der Waals surface area contributed by atoms with Gasteiger partial charge in [0.25, 0.3) is 5.91 Å². The summed E-state index contributed by atoms with van der Waals surface area (Å²) in [6.07, 6.45) is 8.26. The maximum absolute atomic E-state index is 14.6. The molecule has 4 rings (SSSR count). The zero-order chi connectivity index (χ0) is 38.3. The SMILES string of the molecule is C=CCNC(=O)C(=O)C(CCCC)NC(=O)[C@@H]1CCCN1C(=O)[C@@H](NC(=O)N[C@H](CN1Cc2ccccc2S1(=O)=O)C(C)(C)C)C1(C)CCCCC1. The van der Waals surface area contributed by atoms with Crippen molar-refractivity contribution in [2.24, 2.45) is 10.8 Å². The number of urea groups is 1. The van der Waals surface area contributed by atoms with E-state index in [0.29, 0.717) is 44.2 Å². The number of sulfonamides is 1. The van der Waals surface area contributed by atoms with Crippen molar-refractivity contribution >= 4 is 39.6 Å². The Morgan fingerprint density at radius 3 is 2.35 bits per heavy atom.